The molecule has 0 spiro atoms. The van der Waals surface area contributed by atoms with Gasteiger partial charge in [0.25, 0.3) is 0 Å². The molecule has 1 aliphatic rings. The Morgan fingerprint density at radius 2 is 2.12 bits per heavy atom. The number of hydrogen-bond donors (Lipinski definition) is 3. The predicted molar refractivity (Wildman–Crippen MR) is 122 cm³/mol. The smallest absolute Gasteiger partial charge is 0.227 e. The van der Waals surface area contributed by atoms with Gasteiger partial charge in [-0.15, -0.1) is 0 Å². The number of fused-ring (bicyclic) bond motifs is 1. The zero-order valence-electron chi connectivity index (χ0n) is 18.4. The molecular formula is C24H24FN5O3. The van der Waals surface area contributed by atoms with Gasteiger partial charge in [0, 0.05) is 36.9 Å². The fourth-order valence-electron chi connectivity index (χ4n) is 3.72. The number of aromatic nitrogens is 2. The van der Waals surface area contributed by atoms with Gasteiger partial charge in [-0.1, -0.05) is 6.92 Å². The Balaban J connectivity index is 1.67. The third kappa shape index (κ3) is 4.58. The lowest BCUT2D eigenvalue weighted by Crippen LogP contribution is -2.28. The van der Waals surface area contributed by atoms with E-state index in [9.17, 15) is 14.8 Å². The number of aliphatic hydroxyl groups is 1. The first-order valence-electron chi connectivity index (χ1n) is 10.4. The summed E-state index contributed by atoms with van der Waals surface area (Å²) in [5.74, 6) is 0.179. The molecule has 1 aliphatic heterocycles. The number of nitrogens with one attached hydrogen (secondary N) is 2. The summed E-state index contributed by atoms with van der Waals surface area (Å²) in [5.41, 5.74) is 3.45. The number of halogens is 1. The van der Waals surface area contributed by atoms with E-state index < -0.39 is 11.2 Å². The molecule has 3 N–H and O–H groups in total. The zero-order valence-corrected chi connectivity index (χ0v) is 18.4. The Bertz CT molecular complexity index is 1210. The maximum Gasteiger partial charge on any atom is 0.227 e. The number of ether oxygens (including phenoxy) is 2. The Morgan fingerprint density at radius 1 is 1.27 bits per heavy atom. The highest BCUT2D eigenvalue weighted by Crippen LogP contribution is 2.41. The lowest BCUT2D eigenvalue weighted by Gasteiger charge is -2.21. The molecule has 3 aromatic rings. The molecule has 0 bridgehead atoms. The summed E-state index contributed by atoms with van der Waals surface area (Å²) in [7, 11) is 1.56. The summed E-state index contributed by atoms with van der Waals surface area (Å²) in [5, 5.41) is 25.9. The molecule has 0 amide bonds. The summed E-state index contributed by atoms with van der Waals surface area (Å²) in [6, 6.07) is 11.8. The maximum absolute atomic E-state index is 13.7. The molecule has 9 heteroatoms. The van der Waals surface area contributed by atoms with E-state index in [1.54, 1.807) is 31.5 Å². The number of anilines is 3. The van der Waals surface area contributed by atoms with Crippen LogP contribution in [0.3, 0.4) is 0 Å². The molecule has 4 rings (SSSR count). The molecule has 0 saturated heterocycles. The van der Waals surface area contributed by atoms with E-state index in [1.807, 2.05) is 13.0 Å². The van der Waals surface area contributed by atoms with Gasteiger partial charge >= 0.3 is 0 Å². The summed E-state index contributed by atoms with van der Waals surface area (Å²) in [6.45, 7) is 3.07. The van der Waals surface area contributed by atoms with Gasteiger partial charge in [0.15, 0.2) is 0 Å². The van der Waals surface area contributed by atoms with Crippen LogP contribution in [-0.2, 0) is 10.2 Å². The lowest BCUT2D eigenvalue weighted by molar-refractivity contribution is 0.146. The summed E-state index contributed by atoms with van der Waals surface area (Å²) in [6.07, 6.45) is 1.60. The second-order valence-electron chi connectivity index (χ2n) is 8.00. The average molecular weight is 449 g/mol. The average Bonchev–Trinajstić information content (AvgIpc) is 3.17. The van der Waals surface area contributed by atoms with Gasteiger partial charge in [0.1, 0.15) is 24.2 Å². The monoisotopic (exact) mass is 449 g/mol. The van der Waals surface area contributed by atoms with Crippen molar-refractivity contribution in [2.75, 3.05) is 44.1 Å². The Labute approximate surface area is 191 Å². The van der Waals surface area contributed by atoms with Crippen LogP contribution in [0, 0.1) is 17.1 Å². The van der Waals surface area contributed by atoms with E-state index in [2.05, 4.69) is 26.7 Å². The van der Waals surface area contributed by atoms with E-state index in [0.29, 0.717) is 35.8 Å². The van der Waals surface area contributed by atoms with Crippen LogP contribution >= 0.6 is 0 Å². The molecule has 0 unspecified atom stereocenters. The Morgan fingerprint density at radius 3 is 2.88 bits per heavy atom. The molecule has 0 fully saturated rings. The minimum Gasteiger partial charge on any atom is -0.489 e. The molecule has 1 aromatic heterocycles. The van der Waals surface area contributed by atoms with Crippen LogP contribution in [0.5, 0.6) is 5.75 Å². The molecule has 1 atom stereocenters. The number of nitriles is 1. The number of aliphatic hydroxyl groups excluding tert-OH is 1. The van der Waals surface area contributed by atoms with Crippen molar-refractivity contribution in [1.82, 2.24) is 9.97 Å². The first-order valence-corrected chi connectivity index (χ1v) is 10.4. The third-order valence-corrected chi connectivity index (χ3v) is 5.60. The minimum absolute atomic E-state index is 0.0473. The van der Waals surface area contributed by atoms with Gasteiger partial charge in [0.05, 0.1) is 35.8 Å². The summed E-state index contributed by atoms with van der Waals surface area (Å²) < 4.78 is 24.3. The quantitative estimate of drug-likeness (QED) is 0.447. The van der Waals surface area contributed by atoms with Crippen LogP contribution in [0.2, 0.25) is 0 Å². The van der Waals surface area contributed by atoms with Crippen LogP contribution in [0.1, 0.15) is 18.1 Å². The summed E-state index contributed by atoms with van der Waals surface area (Å²) in [4.78, 5) is 8.85. The minimum atomic E-state index is -0.492. The normalized spacial score (nSPS) is 16.6. The molecule has 0 aliphatic carbocycles. The first kappa shape index (κ1) is 22.5. The highest BCUT2D eigenvalue weighted by atomic mass is 19.1. The molecule has 8 nitrogen and oxygen atoms in total. The van der Waals surface area contributed by atoms with Crippen molar-refractivity contribution in [1.29, 1.82) is 5.26 Å². The lowest BCUT2D eigenvalue weighted by atomic mass is 9.83. The van der Waals surface area contributed by atoms with Crippen LogP contribution in [0.4, 0.5) is 21.7 Å². The van der Waals surface area contributed by atoms with Gasteiger partial charge in [-0.3, -0.25) is 0 Å². The van der Waals surface area contributed by atoms with Crippen LogP contribution in [-0.4, -0.2) is 48.5 Å². The molecule has 2 heterocycles. The van der Waals surface area contributed by atoms with Crippen molar-refractivity contribution >= 4 is 17.3 Å². The number of hydrogen-bond acceptors (Lipinski definition) is 8. The van der Waals surface area contributed by atoms with Crippen LogP contribution in [0.25, 0.3) is 11.3 Å². The molecule has 0 radical (unpaired) electrons. The van der Waals surface area contributed by atoms with Crippen molar-refractivity contribution in [3.05, 3.63) is 59.5 Å². The van der Waals surface area contributed by atoms with E-state index in [4.69, 9.17) is 9.47 Å². The fraction of sp³-hybridized carbons (Fsp3) is 0.292. The van der Waals surface area contributed by atoms with Crippen molar-refractivity contribution in [3.8, 4) is 23.1 Å². The van der Waals surface area contributed by atoms with Crippen LogP contribution < -0.4 is 15.4 Å². The van der Waals surface area contributed by atoms with Gasteiger partial charge < -0.3 is 25.2 Å². The van der Waals surface area contributed by atoms with Crippen molar-refractivity contribution in [2.45, 2.75) is 12.3 Å². The van der Waals surface area contributed by atoms with Gasteiger partial charge in [-0.25, -0.2) is 14.4 Å². The second-order valence-corrected chi connectivity index (χ2v) is 8.00. The molecule has 0 saturated carbocycles. The number of methoxy groups -OCH3 is 1. The third-order valence-electron chi connectivity index (χ3n) is 5.60. The predicted octanol–water partition coefficient (Wildman–Crippen LogP) is 3.60. The van der Waals surface area contributed by atoms with E-state index in [1.165, 1.54) is 12.1 Å². The SMILES string of the molecule is COCCOc1cc(F)ccc1Nc1nccc(-c2cc(C#N)c3c(c2)[C@@](C)(CO)CN3)n1. The molecule has 170 valence electrons. The Hall–Kier alpha value is -3.74. The zero-order chi connectivity index (χ0) is 23.4. The van der Waals surface area contributed by atoms with Gasteiger partial charge in [0.2, 0.25) is 5.95 Å². The fourth-order valence-corrected chi connectivity index (χ4v) is 3.72. The maximum atomic E-state index is 13.7. The standard InChI is InChI=1S/C24H24FN5O3/c1-24(14-31)13-28-22-16(12-26)9-15(10-18(22)24)19-5-6-27-23(29-19)30-20-4-3-17(25)11-21(20)33-8-7-32-2/h3-6,9-11,28,31H,7-8,13-14H2,1-2H3,(H,27,29,30)/t24-/m1/s1. The van der Waals surface area contributed by atoms with Gasteiger partial charge in [-0.05, 0) is 35.9 Å². The number of benzene rings is 2. The van der Waals surface area contributed by atoms with E-state index in [-0.39, 0.29) is 19.2 Å². The number of rotatable bonds is 8. The second kappa shape index (κ2) is 9.40. The largest absolute Gasteiger partial charge is 0.489 e. The van der Waals surface area contributed by atoms with Crippen molar-refractivity contribution in [3.63, 3.8) is 0 Å². The highest BCUT2D eigenvalue weighted by molar-refractivity contribution is 5.76. The number of nitrogens with zero attached hydrogens (tertiary/aromatic N) is 3. The first-order chi connectivity index (χ1) is 16.0. The summed E-state index contributed by atoms with van der Waals surface area (Å²) >= 11 is 0. The van der Waals surface area contributed by atoms with Crippen molar-refractivity contribution < 1.29 is 19.0 Å². The van der Waals surface area contributed by atoms with Crippen LogP contribution in [0.15, 0.2) is 42.6 Å². The van der Waals surface area contributed by atoms with Crippen molar-refractivity contribution in [2.24, 2.45) is 0 Å². The topological polar surface area (TPSA) is 112 Å². The molecular weight excluding hydrogens is 425 g/mol. The van der Waals surface area contributed by atoms with E-state index in [0.717, 1.165) is 16.8 Å². The van der Waals surface area contributed by atoms with E-state index >= 15 is 0 Å². The van der Waals surface area contributed by atoms with Gasteiger partial charge in [-0.2, -0.15) is 5.26 Å². The highest BCUT2D eigenvalue weighted by Gasteiger charge is 2.35. The molecule has 2 aromatic carbocycles. The Kier molecular flexibility index (Phi) is 6.40. The molecule has 33 heavy (non-hydrogen) atoms.